The molecule has 3 heteroatoms. The quantitative estimate of drug-likeness (QED) is 0.619. The minimum absolute atomic E-state index is 0.497. The molecule has 1 aromatic heterocycles. The largest absolute Gasteiger partial charge is 0.336 e. The maximum absolute atomic E-state index is 5.38. The van der Waals surface area contributed by atoms with Crippen molar-refractivity contribution in [3.05, 3.63) is 18.7 Å². The third-order valence-electron chi connectivity index (χ3n) is 1.67. The van der Waals surface area contributed by atoms with Gasteiger partial charge in [0, 0.05) is 0 Å². The van der Waals surface area contributed by atoms with Crippen LogP contribution in [0.3, 0.4) is 0 Å². The van der Waals surface area contributed by atoms with E-state index in [2.05, 4.69) is 25.3 Å². The van der Waals surface area contributed by atoms with Crippen LogP contribution in [0.4, 0.5) is 0 Å². The standard InChI is InChI=1S/C9H17N2O/c1-4-7-12-11-6-5-10(8-11)9(2)3/h5-6,8-9H,4,7H2,1-3H3/q+1. The van der Waals surface area contributed by atoms with Crippen LogP contribution in [0.5, 0.6) is 0 Å². The summed E-state index contributed by atoms with van der Waals surface area (Å²) in [6, 6.07) is 0.497. The number of rotatable bonds is 4. The van der Waals surface area contributed by atoms with Gasteiger partial charge in [-0.25, -0.2) is 4.57 Å². The second-order valence-corrected chi connectivity index (χ2v) is 3.15. The topological polar surface area (TPSA) is 18.0 Å². The first kappa shape index (κ1) is 9.10. The first-order chi connectivity index (χ1) is 5.74. The van der Waals surface area contributed by atoms with Crippen molar-refractivity contribution in [1.29, 1.82) is 0 Å². The van der Waals surface area contributed by atoms with Crippen molar-refractivity contribution < 1.29 is 9.40 Å². The lowest BCUT2D eigenvalue weighted by molar-refractivity contribution is -0.716. The SMILES string of the molecule is CCCOn1cc[n+](C(C)C)c1. The minimum Gasteiger partial charge on any atom is -0.336 e. The number of aromatic nitrogens is 2. The van der Waals surface area contributed by atoms with Crippen molar-refractivity contribution >= 4 is 0 Å². The highest BCUT2D eigenvalue weighted by molar-refractivity contribution is 4.61. The molecule has 0 N–H and O–H groups in total. The van der Waals surface area contributed by atoms with Crippen molar-refractivity contribution in [3.63, 3.8) is 0 Å². The van der Waals surface area contributed by atoms with Crippen LogP contribution < -0.4 is 9.40 Å². The maximum atomic E-state index is 5.38. The zero-order chi connectivity index (χ0) is 8.97. The van der Waals surface area contributed by atoms with E-state index in [-0.39, 0.29) is 0 Å². The lowest BCUT2D eigenvalue weighted by Crippen LogP contribution is -2.33. The highest BCUT2D eigenvalue weighted by Gasteiger charge is 2.06. The molecule has 1 aromatic rings. The number of hydrogen-bond acceptors (Lipinski definition) is 1. The summed E-state index contributed by atoms with van der Waals surface area (Å²) in [6.07, 6.45) is 6.94. The predicted octanol–water partition coefficient (Wildman–Crippen LogP) is 1.20. The summed E-state index contributed by atoms with van der Waals surface area (Å²) in [5.74, 6) is 0. The van der Waals surface area contributed by atoms with Crippen molar-refractivity contribution in [1.82, 2.24) is 4.73 Å². The Bertz CT molecular complexity index is 230. The summed E-state index contributed by atoms with van der Waals surface area (Å²) in [6.45, 7) is 7.15. The van der Waals surface area contributed by atoms with Gasteiger partial charge in [0.1, 0.15) is 12.8 Å². The summed E-state index contributed by atoms with van der Waals surface area (Å²) in [4.78, 5) is 5.38. The smallest absolute Gasteiger partial charge is 0.284 e. The zero-order valence-electron chi connectivity index (χ0n) is 8.03. The third kappa shape index (κ3) is 2.26. The van der Waals surface area contributed by atoms with Gasteiger partial charge in [-0.2, -0.15) is 0 Å². The van der Waals surface area contributed by atoms with E-state index >= 15 is 0 Å². The molecule has 1 heterocycles. The van der Waals surface area contributed by atoms with Crippen LogP contribution in [0.15, 0.2) is 18.7 Å². The lowest BCUT2D eigenvalue weighted by atomic mass is 10.4. The van der Waals surface area contributed by atoms with Crippen LogP contribution in [0.2, 0.25) is 0 Å². The lowest BCUT2D eigenvalue weighted by Gasteiger charge is -1.97. The molecular weight excluding hydrogens is 152 g/mol. The van der Waals surface area contributed by atoms with Crippen LogP contribution >= 0.6 is 0 Å². The summed E-state index contributed by atoms with van der Waals surface area (Å²) in [5.41, 5.74) is 0. The molecule has 3 nitrogen and oxygen atoms in total. The van der Waals surface area contributed by atoms with Gasteiger partial charge in [-0.3, -0.25) is 0 Å². The minimum atomic E-state index is 0.497. The molecule has 0 bridgehead atoms. The van der Waals surface area contributed by atoms with Crippen LogP contribution in [-0.4, -0.2) is 11.3 Å². The first-order valence-electron chi connectivity index (χ1n) is 4.46. The Kier molecular flexibility index (Phi) is 3.14. The van der Waals surface area contributed by atoms with Gasteiger partial charge in [0.15, 0.2) is 6.20 Å². The highest BCUT2D eigenvalue weighted by atomic mass is 16.7. The fourth-order valence-electron chi connectivity index (χ4n) is 0.930. The highest BCUT2D eigenvalue weighted by Crippen LogP contribution is 1.90. The Labute approximate surface area is 73.5 Å². The van der Waals surface area contributed by atoms with Crippen molar-refractivity contribution in [2.75, 3.05) is 6.61 Å². The van der Waals surface area contributed by atoms with E-state index in [0.717, 1.165) is 13.0 Å². The third-order valence-corrected chi connectivity index (χ3v) is 1.67. The molecular formula is C9H17N2O+. The predicted molar refractivity (Wildman–Crippen MR) is 46.8 cm³/mol. The van der Waals surface area contributed by atoms with E-state index in [9.17, 15) is 0 Å². The number of imidazole rings is 1. The van der Waals surface area contributed by atoms with Gasteiger partial charge in [-0.1, -0.05) is 11.7 Å². The maximum Gasteiger partial charge on any atom is 0.284 e. The Morgan fingerprint density at radius 3 is 2.75 bits per heavy atom. The van der Waals surface area contributed by atoms with E-state index in [4.69, 9.17) is 4.84 Å². The second-order valence-electron chi connectivity index (χ2n) is 3.15. The van der Waals surface area contributed by atoms with Crippen LogP contribution in [0, 0.1) is 0 Å². The van der Waals surface area contributed by atoms with E-state index in [0.29, 0.717) is 6.04 Å². The Balaban J connectivity index is 2.52. The van der Waals surface area contributed by atoms with Crippen molar-refractivity contribution in [3.8, 4) is 0 Å². The number of hydrogen-bond donors (Lipinski definition) is 0. The molecule has 0 spiro atoms. The number of nitrogens with zero attached hydrogens (tertiary/aromatic N) is 2. The Hall–Kier alpha value is -0.990. The molecule has 0 saturated carbocycles. The van der Waals surface area contributed by atoms with Gasteiger partial charge >= 0.3 is 0 Å². The first-order valence-corrected chi connectivity index (χ1v) is 4.46. The van der Waals surface area contributed by atoms with Crippen molar-refractivity contribution in [2.45, 2.75) is 33.2 Å². The molecule has 0 aliphatic carbocycles. The van der Waals surface area contributed by atoms with Crippen molar-refractivity contribution in [2.24, 2.45) is 0 Å². The van der Waals surface area contributed by atoms with Crippen LogP contribution in [0.1, 0.15) is 33.2 Å². The second kappa shape index (κ2) is 4.14. The fraction of sp³-hybridized carbons (Fsp3) is 0.667. The zero-order valence-corrected chi connectivity index (χ0v) is 8.03. The summed E-state index contributed by atoms with van der Waals surface area (Å²) in [5, 5.41) is 0. The molecule has 0 atom stereocenters. The van der Waals surface area contributed by atoms with Gasteiger partial charge in [0.25, 0.3) is 6.33 Å². The molecule has 12 heavy (non-hydrogen) atoms. The summed E-state index contributed by atoms with van der Waals surface area (Å²) >= 11 is 0. The van der Waals surface area contributed by atoms with Gasteiger partial charge in [-0.15, -0.1) is 0 Å². The molecule has 0 unspecified atom stereocenters. The molecule has 0 amide bonds. The van der Waals surface area contributed by atoms with Gasteiger partial charge in [-0.05, 0) is 20.3 Å². The average Bonchev–Trinajstić information content (AvgIpc) is 2.48. The van der Waals surface area contributed by atoms with E-state index in [1.54, 1.807) is 4.73 Å². The molecule has 0 aliphatic rings. The fourth-order valence-corrected chi connectivity index (χ4v) is 0.930. The van der Waals surface area contributed by atoms with Crippen LogP contribution in [-0.2, 0) is 0 Å². The van der Waals surface area contributed by atoms with Gasteiger partial charge < -0.3 is 4.84 Å². The van der Waals surface area contributed by atoms with E-state index in [1.807, 2.05) is 18.7 Å². The summed E-state index contributed by atoms with van der Waals surface area (Å²) < 4.78 is 3.86. The molecule has 0 saturated heterocycles. The molecule has 1 rings (SSSR count). The van der Waals surface area contributed by atoms with Crippen LogP contribution in [0.25, 0.3) is 0 Å². The molecule has 0 aromatic carbocycles. The van der Waals surface area contributed by atoms with E-state index in [1.165, 1.54) is 0 Å². The summed E-state index contributed by atoms with van der Waals surface area (Å²) in [7, 11) is 0. The van der Waals surface area contributed by atoms with Gasteiger partial charge in [0.05, 0.1) is 6.04 Å². The van der Waals surface area contributed by atoms with Gasteiger partial charge in [0.2, 0.25) is 0 Å². The monoisotopic (exact) mass is 169 g/mol. The normalized spacial score (nSPS) is 10.7. The molecule has 0 radical (unpaired) electrons. The average molecular weight is 169 g/mol. The molecule has 68 valence electrons. The Morgan fingerprint density at radius 1 is 1.50 bits per heavy atom. The Morgan fingerprint density at radius 2 is 2.25 bits per heavy atom. The molecule has 0 aliphatic heterocycles. The van der Waals surface area contributed by atoms with E-state index < -0.39 is 0 Å². The molecule has 0 fully saturated rings.